The second-order valence-electron chi connectivity index (χ2n) is 7.66. The summed E-state index contributed by atoms with van der Waals surface area (Å²) in [6.45, 7) is 0. The zero-order valence-corrected chi connectivity index (χ0v) is 18.4. The SMILES string of the molecule is COc1ccc(NC(=O)c2c(NC(=O)Cc3ccccc3)sc3c2CCCCC3)cc1. The Morgan fingerprint density at radius 1 is 0.935 bits per heavy atom. The van der Waals surface area contributed by atoms with E-state index in [1.807, 2.05) is 54.6 Å². The summed E-state index contributed by atoms with van der Waals surface area (Å²) in [5.74, 6) is 0.442. The highest BCUT2D eigenvalue weighted by Gasteiger charge is 2.26. The van der Waals surface area contributed by atoms with Crippen molar-refractivity contribution in [1.82, 2.24) is 0 Å². The van der Waals surface area contributed by atoms with Crippen molar-refractivity contribution < 1.29 is 14.3 Å². The van der Waals surface area contributed by atoms with E-state index in [4.69, 9.17) is 4.74 Å². The smallest absolute Gasteiger partial charge is 0.258 e. The van der Waals surface area contributed by atoms with E-state index in [-0.39, 0.29) is 18.2 Å². The Kier molecular flexibility index (Phi) is 6.67. The second kappa shape index (κ2) is 9.79. The van der Waals surface area contributed by atoms with Crippen LogP contribution in [0.3, 0.4) is 0 Å². The molecule has 0 saturated heterocycles. The molecule has 2 N–H and O–H groups in total. The molecule has 5 nitrogen and oxygen atoms in total. The van der Waals surface area contributed by atoms with Gasteiger partial charge >= 0.3 is 0 Å². The summed E-state index contributed by atoms with van der Waals surface area (Å²) >= 11 is 1.55. The maximum atomic E-state index is 13.3. The van der Waals surface area contributed by atoms with E-state index in [0.29, 0.717) is 16.3 Å². The predicted octanol–water partition coefficient (Wildman–Crippen LogP) is 5.46. The maximum Gasteiger partial charge on any atom is 0.258 e. The Bertz CT molecular complexity index is 1060. The Morgan fingerprint density at radius 3 is 2.42 bits per heavy atom. The molecule has 0 fully saturated rings. The van der Waals surface area contributed by atoms with Gasteiger partial charge in [-0.1, -0.05) is 36.8 Å². The Hall–Kier alpha value is -3.12. The van der Waals surface area contributed by atoms with Gasteiger partial charge in [-0.15, -0.1) is 11.3 Å². The Labute approximate surface area is 186 Å². The minimum Gasteiger partial charge on any atom is -0.497 e. The topological polar surface area (TPSA) is 67.4 Å². The molecule has 31 heavy (non-hydrogen) atoms. The molecule has 1 aliphatic carbocycles. The molecule has 0 atom stereocenters. The van der Waals surface area contributed by atoms with Crippen LogP contribution in [0, 0.1) is 0 Å². The summed E-state index contributed by atoms with van der Waals surface area (Å²) in [7, 11) is 1.61. The molecule has 160 valence electrons. The molecule has 1 aromatic heterocycles. The molecular formula is C25H26N2O3S. The van der Waals surface area contributed by atoms with Gasteiger partial charge in [0.2, 0.25) is 5.91 Å². The minimum atomic E-state index is -0.181. The van der Waals surface area contributed by atoms with Crippen LogP contribution in [0.5, 0.6) is 5.75 Å². The normalized spacial score (nSPS) is 13.1. The molecule has 1 aliphatic rings. The Balaban J connectivity index is 1.58. The molecule has 0 bridgehead atoms. The van der Waals surface area contributed by atoms with Crippen LogP contribution < -0.4 is 15.4 Å². The van der Waals surface area contributed by atoms with E-state index < -0.39 is 0 Å². The van der Waals surface area contributed by atoms with E-state index in [1.165, 1.54) is 4.88 Å². The van der Waals surface area contributed by atoms with Crippen molar-refractivity contribution in [2.24, 2.45) is 0 Å². The van der Waals surface area contributed by atoms with Crippen LogP contribution in [0.15, 0.2) is 54.6 Å². The number of nitrogens with one attached hydrogen (secondary N) is 2. The number of hydrogen-bond donors (Lipinski definition) is 2. The maximum absolute atomic E-state index is 13.3. The van der Waals surface area contributed by atoms with E-state index in [2.05, 4.69) is 10.6 Å². The lowest BCUT2D eigenvalue weighted by molar-refractivity contribution is -0.115. The van der Waals surface area contributed by atoms with Gasteiger partial charge in [0.15, 0.2) is 0 Å². The van der Waals surface area contributed by atoms with Crippen molar-refractivity contribution in [1.29, 1.82) is 0 Å². The van der Waals surface area contributed by atoms with Crippen molar-refractivity contribution >= 4 is 33.8 Å². The number of fused-ring (bicyclic) bond motifs is 1. The largest absolute Gasteiger partial charge is 0.497 e. The fourth-order valence-electron chi connectivity index (χ4n) is 3.89. The third kappa shape index (κ3) is 5.14. The lowest BCUT2D eigenvalue weighted by atomic mass is 10.0. The molecule has 0 spiro atoms. The number of ether oxygens (including phenoxy) is 1. The summed E-state index contributed by atoms with van der Waals surface area (Å²) in [5.41, 5.74) is 3.34. The van der Waals surface area contributed by atoms with Crippen LogP contribution in [0.2, 0.25) is 0 Å². The molecule has 0 radical (unpaired) electrons. The van der Waals surface area contributed by atoms with Gasteiger partial charge in [-0.25, -0.2) is 0 Å². The summed E-state index contributed by atoms with van der Waals surface area (Å²) in [5, 5.41) is 6.66. The first-order valence-corrected chi connectivity index (χ1v) is 11.4. The number of hydrogen-bond acceptors (Lipinski definition) is 4. The van der Waals surface area contributed by atoms with Gasteiger partial charge in [0.25, 0.3) is 5.91 Å². The fraction of sp³-hybridized carbons (Fsp3) is 0.280. The number of aryl methyl sites for hydroxylation is 1. The molecule has 0 unspecified atom stereocenters. The first-order chi connectivity index (χ1) is 15.1. The number of thiophene rings is 1. The third-order valence-electron chi connectivity index (χ3n) is 5.46. The van der Waals surface area contributed by atoms with Crippen molar-refractivity contribution in [2.75, 3.05) is 17.7 Å². The third-order valence-corrected chi connectivity index (χ3v) is 6.66. The quantitative estimate of drug-likeness (QED) is 0.506. The molecule has 1 heterocycles. The molecule has 2 amide bonds. The van der Waals surface area contributed by atoms with Gasteiger partial charge in [0, 0.05) is 10.6 Å². The van der Waals surface area contributed by atoms with Gasteiger partial charge in [-0.2, -0.15) is 0 Å². The average Bonchev–Trinajstić information content (AvgIpc) is 2.95. The van der Waals surface area contributed by atoms with Crippen LogP contribution >= 0.6 is 11.3 Å². The lowest BCUT2D eigenvalue weighted by Crippen LogP contribution is -2.19. The van der Waals surface area contributed by atoms with Crippen molar-refractivity contribution in [3.05, 3.63) is 76.2 Å². The van der Waals surface area contributed by atoms with Crippen LogP contribution in [0.25, 0.3) is 0 Å². The van der Waals surface area contributed by atoms with Gasteiger partial charge in [0.05, 0.1) is 19.1 Å². The molecule has 0 saturated carbocycles. The lowest BCUT2D eigenvalue weighted by Gasteiger charge is -2.11. The average molecular weight is 435 g/mol. The molecular weight excluding hydrogens is 408 g/mol. The monoisotopic (exact) mass is 434 g/mol. The first kappa shape index (κ1) is 21.1. The van der Waals surface area contributed by atoms with Crippen LogP contribution in [0.4, 0.5) is 10.7 Å². The molecule has 6 heteroatoms. The standard InChI is InChI=1S/C25H26N2O3S/c1-30-19-14-12-18(13-15-19)26-24(29)23-20-10-6-3-7-11-21(20)31-25(23)27-22(28)16-17-8-4-2-5-9-17/h2,4-5,8-9,12-15H,3,6-7,10-11,16H2,1H3,(H,26,29)(H,27,28). The van der Waals surface area contributed by atoms with E-state index in [1.54, 1.807) is 18.4 Å². The highest BCUT2D eigenvalue weighted by Crippen LogP contribution is 2.38. The van der Waals surface area contributed by atoms with Crippen LogP contribution in [-0.4, -0.2) is 18.9 Å². The predicted molar refractivity (Wildman–Crippen MR) is 125 cm³/mol. The van der Waals surface area contributed by atoms with Gasteiger partial charge in [0.1, 0.15) is 10.8 Å². The number of carbonyl (C=O) groups is 2. The van der Waals surface area contributed by atoms with E-state index in [0.717, 1.165) is 49.0 Å². The fourth-order valence-corrected chi connectivity index (χ4v) is 5.19. The Morgan fingerprint density at radius 2 is 1.68 bits per heavy atom. The van der Waals surface area contributed by atoms with Gasteiger partial charge in [-0.05, 0) is 61.1 Å². The summed E-state index contributed by atoms with van der Waals surface area (Å²) in [6.07, 6.45) is 5.44. The molecule has 4 rings (SSSR count). The van der Waals surface area contributed by atoms with Crippen molar-refractivity contribution in [3.8, 4) is 5.75 Å². The van der Waals surface area contributed by atoms with Gasteiger partial charge in [-0.3, -0.25) is 9.59 Å². The minimum absolute atomic E-state index is 0.110. The summed E-state index contributed by atoms with van der Waals surface area (Å²) in [6, 6.07) is 16.9. The van der Waals surface area contributed by atoms with Crippen LogP contribution in [-0.2, 0) is 24.1 Å². The molecule has 2 aromatic carbocycles. The zero-order chi connectivity index (χ0) is 21.6. The second-order valence-corrected chi connectivity index (χ2v) is 8.77. The highest BCUT2D eigenvalue weighted by molar-refractivity contribution is 7.17. The number of carbonyl (C=O) groups excluding carboxylic acids is 2. The number of anilines is 2. The molecule has 3 aromatic rings. The summed E-state index contributed by atoms with van der Waals surface area (Å²) in [4.78, 5) is 27.2. The first-order valence-electron chi connectivity index (χ1n) is 10.6. The molecule has 0 aliphatic heterocycles. The number of amides is 2. The van der Waals surface area contributed by atoms with Gasteiger partial charge < -0.3 is 15.4 Å². The van der Waals surface area contributed by atoms with Crippen molar-refractivity contribution in [3.63, 3.8) is 0 Å². The van der Waals surface area contributed by atoms with Crippen LogP contribution in [0.1, 0.15) is 45.6 Å². The highest BCUT2D eigenvalue weighted by atomic mass is 32.1. The van der Waals surface area contributed by atoms with Crippen molar-refractivity contribution in [2.45, 2.75) is 38.5 Å². The van der Waals surface area contributed by atoms with E-state index in [9.17, 15) is 9.59 Å². The zero-order valence-electron chi connectivity index (χ0n) is 17.6. The number of methoxy groups -OCH3 is 1. The number of benzene rings is 2. The van der Waals surface area contributed by atoms with E-state index >= 15 is 0 Å². The number of rotatable bonds is 6. The summed E-state index contributed by atoms with van der Waals surface area (Å²) < 4.78 is 5.19.